The molecule has 0 unspecified atom stereocenters. The van der Waals surface area contributed by atoms with Crippen LogP contribution < -0.4 is 0 Å². The zero-order valence-electron chi connectivity index (χ0n) is 8.67. The first-order valence-corrected chi connectivity index (χ1v) is 5.87. The van der Waals surface area contributed by atoms with Gasteiger partial charge in [-0.3, -0.25) is 0 Å². The molecule has 82 valence electrons. The Kier molecular flexibility index (Phi) is 3.60. The molecule has 0 fully saturated rings. The first kappa shape index (κ1) is 11.9. The molecular formula is C10H13NO3S. The zero-order valence-corrected chi connectivity index (χ0v) is 9.49. The lowest BCUT2D eigenvalue weighted by Crippen LogP contribution is -2.22. The Balaban J connectivity index is 3.04. The molecule has 0 atom stereocenters. The van der Waals surface area contributed by atoms with E-state index in [2.05, 4.69) is 0 Å². The fourth-order valence-electron chi connectivity index (χ4n) is 1.10. The summed E-state index contributed by atoms with van der Waals surface area (Å²) in [5, 5.41) is 0. The number of hydrogen-bond acceptors (Lipinski definition) is 3. The van der Waals surface area contributed by atoms with Gasteiger partial charge in [-0.1, -0.05) is 12.1 Å². The Bertz CT molecular complexity index is 434. The van der Waals surface area contributed by atoms with Crippen LogP contribution in [0, 0.1) is 0 Å². The maximum atomic E-state index is 11.7. The van der Waals surface area contributed by atoms with Gasteiger partial charge in [-0.15, -0.1) is 0 Å². The van der Waals surface area contributed by atoms with E-state index in [9.17, 15) is 13.2 Å². The van der Waals surface area contributed by atoms with Crippen LogP contribution in [0.5, 0.6) is 0 Å². The van der Waals surface area contributed by atoms with Crippen molar-refractivity contribution in [3.05, 3.63) is 29.8 Å². The quantitative estimate of drug-likeness (QED) is 0.711. The van der Waals surface area contributed by atoms with Gasteiger partial charge >= 0.3 is 0 Å². The summed E-state index contributed by atoms with van der Waals surface area (Å²) in [6.45, 7) is 0. The molecule has 0 amide bonds. The topological polar surface area (TPSA) is 54.5 Å². The number of hydrogen-bond donors (Lipinski definition) is 0. The molecule has 0 spiro atoms. The highest BCUT2D eigenvalue weighted by molar-refractivity contribution is 7.89. The molecular weight excluding hydrogens is 214 g/mol. The van der Waals surface area contributed by atoms with Crippen molar-refractivity contribution >= 4 is 16.3 Å². The molecule has 0 aliphatic carbocycles. The maximum Gasteiger partial charge on any atom is 0.242 e. The molecule has 4 nitrogen and oxygen atoms in total. The highest BCUT2D eigenvalue weighted by Crippen LogP contribution is 2.13. The van der Waals surface area contributed by atoms with Gasteiger partial charge in [0.05, 0.1) is 4.90 Å². The second-order valence-electron chi connectivity index (χ2n) is 3.30. The van der Waals surface area contributed by atoms with Crippen molar-refractivity contribution in [1.82, 2.24) is 4.31 Å². The van der Waals surface area contributed by atoms with Crippen LogP contribution in [0.25, 0.3) is 0 Å². The highest BCUT2D eigenvalue weighted by atomic mass is 32.2. The monoisotopic (exact) mass is 227 g/mol. The first-order chi connectivity index (χ1) is 6.98. The smallest absolute Gasteiger partial charge is 0.242 e. The molecule has 0 saturated carbocycles. The number of rotatable bonds is 4. The van der Waals surface area contributed by atoms with E-state index in [0.717, 1.165) is 16.2 Å². The SMILES string of the molecule is CN(C)S(=O)(=O)c1ccc(CC=O)cc1. The van der Waals surface area contributed by atoms with Gasteiger partial charge in [-0.2, -0.15) is 0 Å². The van der Waals surface area contributed by atoms with Crippen LogP contribution in [-0.2, 0) is 21.2 Å². The van der Waals surface area contributed by atoms with Crippen LogP contribution in [0.1, 0.15) is 5.56 Å². The third kappa shape index (κ3) is 2.64. The molecule has 0 aromatic heterocycles. The standard InChI is InChI=1S/C10H13NO3S/c1-11(2)15(13,14)10-5-3-9(4-6-10)7-8-12/h3-6,8H,7H2,1-2H3. The van der Waals surface area contributed by atoms with E-state index in [1.807, 2.05) is 0 Å². The lowest BCUT2D eigenvalue weighted by atomic mass is 10.2. The number of carbonyl (C=O) groups is 1. The van der Waals surface area contributed by atoms with Crippen molar-refractivity contribution in [2.24, 2.45) is 0 Å². The Morgan fingerprint density at radius 2 is 1.73 bits per heavy atom. The predicted octanol–water partition coefficient (Wildman–Crippen LogP) is 0.678. The van der Waals surface area contributed by atoms with Crippen molar-refractivity contribution in [3.63, 3.8) is 0 Å². The van der Waals surface area contributed by atoms with E-state index >= 15 is 0 Å². The molecule has 1 aromatic rings. The number of carbonyl (C=O) groups excluding carboxylic acids is 1. The molecule has 1 rings (SSSR count). The van der Waals surface area contributed by atoms with E-state index in [0.29, 0.717) is 6.42 Å². The summed E-state index contributed by atoms with van der Waals surface area (Å²) in [7, 11) is -0.402. The summed E-state index contributed by atoms with van der Waals surface area (Å²) in [5.41, 5.74) is 0.808. The van der Waals surface area contributed by atoms with Crippen LogP contribution in [0.3, 0.4) is 0 Å². The molecule has 1 aromatic carbocycles. The van der Waals surface area contributed by atoms with Crippen molar-refractivity contribution in [3.8, 4) is 0 Å². The van der Waals surface area contributed by atoms with Gasteiger partial charge in [0.15, 0.2) is 0 Å². The first-order valence-electron chi connectivity index (χ1n) is 4.43. The summed E-state index contributed by atoms with van der Waals surface area (Å²) in [5.74, 6) is 0. The second kappa shape index (κ2) is 4.55. The number of sulfonamides is 1. The van der Waals surface area contributed by atoms with Crippen molar-refractivity contribution in [1.29, 1.82) is 0 Å². The van der Waals surface area contributed by atoms with Crippen molar-refractivity contribution in [2.75, 3.05) is 14.1 Å². The van der Waals surface area contributed by atoms with Crippen LogP contribution >= 0.6 is 0 Å². The average Bonchev–Trinajstić information content (AvgIpc) is 2.19. The third-order valence-electron chi connectivity index (χ3n) is 2.02. The lowest BCUT2D eigenvalue weighted by Gasteiger charge is -2.11. The van der Waals surface area contributed by atoms with Gasteiger partial charge in [-0.05, 0) is 17.7 Å². The largest absolute Gasteiger partial charge is 0.303 e. The van der Waals surface area contributed by atoms with Crippen LogP contribution in [0.4, 0.5) is 0 Å². The number of nitrogens with zero attached hydrogens (tertiary/aromatic N) is 1. The molecule has 0 heterocycles. The maximum absolute atomic E-state index is 11.7. The Morgan fingerprint density at radius 3 is 2.13 bits per heavy atom. The molecule has 0 bridgehead atoms. The van der Waals surface area contributed by atoms with Gasteiger partial charge in [-0.25, -0.2) is 12.7 Å². The van der Waals surface area contributed by atoms with Gasteiger partial charge < -0.3 is 4.79 Å². The van der Waals surface area contributed by atoms with E-state index in [-0.39, 0.29) is 4.90 Å². The third-order valence-corrected chi connectivity index (χ3v) is 3.85. The fourth-order valence-corrected chi connectivity index (χ4v) is 2.01. The normalized spacial score (nSPS) is 11.7. The predicted molar refractivity (Wildman–Crippen MR) is 57.1 cm³/mol. The fraction of sp³-hybridized carbons (Fsp3) is 0.300. The summed E-state index contributed by atoms with van der Waals surface area (Å²) >= 11 is 0. The Hall–Kier alpha value is -1.20. The summed E-state index contributed by atoms with van der Waals surface area (Å²) < 4.78 is 24.5. The Morgan fingerprint density at radius 1 is 1.20 bits per heavy atom. The van der Waals surface area contributed by atoms with E-state index in [4.69, 9.17) is 0 Å². The summed E-state index contributed by atoms with van der Waals surface area (Å²) in [6.07, 6.45) is 1.09. The lowest BCUT2D eigenvalue weighted by molar-refractivity contribution is -0.107. The second-order valence-corrected chi connectivity index (χ2v) is 5.45. The summed E-state index contributed by atoms with van der Waals surface area (Å²) in [4.78, 5) is 10.5. The molecule has 0 radical (unpaired) electrons. The van der Waals surface area contributed by atoms with Crippen molar-refractivity contribution < 1.29 is 13.2 Å². The number of benzene rings is 1. The minimum Gasteiger partial charge on any atom is -0.303 e. The van der Waals surface area contributed by atoms with Crippen LogP contribution in [0.15, 0.2) is 29.2 Å². The molecule has 0 N–H and O–H groups in total. The number of aldehydes is 1. The minimum absolute atomic E-state index is 0.238. The Labute approximate surface area is 89.6 Å². The van der Waals surface area contributed by atoms with E-state index in [1.54, 1.807) is 12.1 Å². The summed E-state index contributed by atoms with van der Waals surface area (Å²) in [6, 6.07) is 6.30. The van der Waals surface area contributed by atoms with Gasteiger partial charge in [0.1, 0.15) is 6.29 Å². The van der Waals surface area contributed by atoms with Gasteiger partial charge in [0, 0.05) is 20.5 Å². The van der Waals surface area contributed by atoms with Crippen LogP contribution in [-0.4, -0.2) is 33.1 Å². The van der Waals surface area contributed by atoms with Gasteiger partial charge in [0.25, 0.3) is 0 Å². The molecule has 5 heteroatoms. The van der Waals surface area contributed by atoms with Crippen molar-refractivity contribution in [2.45, 2.75) is 11.3 Å². The highest BCUT2D eigenvalue weighted by Gasteiger charge is 2.16. The molecule has 0 aliphatic heterocycles. The van der Waals surface area contributed by atoms with E-state index in [1.165, 1.54) is 26.2 Å². The average molecular weight is 227 g/mol. The van der Waals surface area contributed by atoms with Crippen LogP contribution in [0.2, 0.25) is 0 Å². The molecule has 15 heavy (non-hydrogen) atoms. The zero-order chi connectivity index (χ0) is 11.5. The molecule has 0 saturated heterocycles. The minimum atomic E-state index is -3.36. The molecule has 0 aliphatic rings. The van der Waals surface area contributed by atoms with E-state index < -0.39 is 10.0 Å². The van der Waals surface area contributed by atoms with Gasteiger partial charge in [0.2, 0.25) is 10.0 Å².